The van der Waals surface area contributed by atoms with E-state index in [-0.39, 0.29) is 11.2 Å². The maximum Gasteiger partial charge on any atom is 0.193 e. The second kappa shape index (κ2) is 8.40. The van der Waals surface area contributed by atoms with Gasteiger partial charge in [-0.3, -0.25) is 4.99 Å². The zero-order chi connectivity index (χ0) is 19.5. The molecule has 1 aliphatic carbocycles. The molecule has 4 nitrogen and oxygen atoms in total. The summed E-state index contributed by atoms with van der Waals surface area (Å²) in [6.45, 7) is 4.57. The van der Waals surface area contributed by atoms with E-state index in [9.17, 15) is 4.39 Å². The van der Waals surface area contributed by atoms with Crippen molar-refractivity contribution >= 4 is 5.96 Å². The van der Waals surface area contributed by atoms with Crippen molar-refractivity contribution in [1.29, 1.82) is 0 Å². The number of hydrogen-bond acceptors (Lipinski definition) is 2. The van der Waals surface area contributed by atoms with Gasteiger partial charge in [0, 0.05) is 45.3 Å². The number of nitrogens with one attached hydrogen (secondary N) is 1. The van der Waals surface area contributed by atoms with E-state index >= 15 is 0 Å². The SMILES string of the molecule is CN=C(NCC1(c2ccc(F)cc2)CCOCC1)N1CCC2(CCCCC2)C1. The quantitative estimate of drug-likeness (QED) is 0.627. The molecule has 1 saturated carbocycles. The van der Waals surface area contributed by atoms with Gasteiger partial charge in [0.25, 0.3) is 0 Å². The lowest BCUT2D eigenvalue weighted by atomic mass is 9.73. The summed E-state index contributed by atoms with van der Waals surface area (Å²) < 4.78 is 19.1. The number of halogens is 1. The molecule has 1 aromatic rings. The first-order valence-electron chi connectivity index (χ1n) is 10.9. The summed E-state index contributed by atoms with van der Waals surface area (Å²) in [5.41, 5.74) is 1.69. The molecule has 0 amide bonds. The van der Waals surface area contributed by atoms with E-state index in [1.165, 1.54) is 44.1 Å². The normalized spacial score (nSPS) is 24.5. The number of benzene rings is 1. The topological polar surface area (TPSA) is 36.9 Å². The number of ether oxygens (including phenoxy) is 1. The smallest absolute Gasteiger partial charge is 0.193 e. The molecule has 5 heteroatoms. The summed E-state index contributed by atoms with van der Waals surface area (Å²) in [5, 5.41) is 3.68. The number of likely N-dealkylation sites (tertiary alicyclic amines) is 1. The van der Waals surface area contributed by atoms with Crippen LogP contribution in [0, 0.1) is 11.2 Å². The Bertz CT molecular complexity index is 676. The molecule has 1 aromatic carbocycles. The first-order chi connectivity index (χ1) is 13.6. The fourth-order valence-electron chi connectivity index (χ4n) is 5.54. The van der Waals surface area contributed by atoms with Gasteiger partial charge >= 0.3 is 0 Å². The standard InChI is InChI=1S/C23H34FN3O/c1-25-21(27-14-11-22(18-27)9-3-2-4-10-22)26-17-23(12-15-28-16-13-23)19-5-7-20(24)8-6-19/h5-8H,2-4,9-18H2,1H3,(H,25,26). The van der Waals surface area contributed by atoms with Crippen LogP contribution in [0.1, 0.15) is 56.9 Å². The van der Waals surface area contributed by atoms with E-state index in [0.717, 1.165) is 51.6 Å². The fraction of sp³-hybridized carbons (Fsp3) is 0.696. The highest BCUT2D eigenvalue weighted by molar-refractivity contribution is 5.80. The predicted molar refractivity (Wildman–Crippen MR) is 111 cm³/mol. The van der Waals surface area contributed by atoms with Crippen LogP contribution in [0.4, 0.5) is 4.39 Å². The van der Waals surface area contributed by atoms with Gasteiger partial charge in [-0.1, -0.05) is 31.4 Å². The molecular formula is C23H34FN3O. The van der Waals surface area contributed by atoms with Crippen LogP contribution in [-0.4, -0.2) is 50.8 Å². The lowest BCUT2D eigenvalue weighted by Gasteiger charge is -2.39. The van der Waals surface area contributed by atoms with Gasteiger partial charge in [-0.25, -0.2) is 4.39 Å². The predicted octanol–water partition coefficient (Wildman–Crippen LogP) is 4.11. The molecule has 0 bridgehead atoms. The van der Waals surface area contributed by atoms with Gasteiger partial charge in [-0.15, -0.1) is 0 Å². The van der Waals surface area contributed by atoms with Crippen LogP contribution in [0.25, 0.3) is 0 Å². The van der Waals surface area contributed by atoms with E-state index in [4.69, 9.17) is 4.74 Å². The van der Waals surface area contributed by atoms with E-state index in [1.807, 2.05) is 19.2 Å². The molecule has 0 atom stereocenters. The largest absolute Gasteiger partial charge is 0.381 e. The summed E-state index contributed by atoms with van der Waals surface area (Å²) in [4.78, 5) is 7.07. The van der Waals surface area contributed by atoms with Gasteiger partial charge in [-0.05, 0) is 55.2 Å². The van der Waals surface area contributed by atoms with Gasteiger partial charge in [0.2, 0.25) is 0 Å². The lowest BCUT2D eigenvalue weighted by Crippen LogP contribution is -2.49. The third-order valence-electron chi connectivity index (χ3n) is 7.36. The molecule has 0 radical (unpaired) electrons. The minimum atomic E-state index is -0.176. The number of nitrogens with zero attached hydrogens (tertiary/aromatic N) is 2. The Morgan fingerprint density at radius 3 is 2.46 bits per heavy atom. The molecule has 0 unspecified atom stereocenters. The molecule has 2 heterocycles. The van der Waals surface area contributed by atoms with E-state index < -0.39 is 0 Å². The van der Waals surface area contributed by atoms with Crippen LogP contribution in [0.3, 0.4) is 0 Å². The number of guanidine groups is 1. The van der Waals surface area contributed by atoms with Crippen molar-refractivity contribution in [2.45, 2.75) is 56.8 Å². The van der Waals surface area contributed by atoms with Gasteiger partial charge in [0.1, 0.15) is 5.82 Å². The zero-order valence-corrected chi connectivity index (χ0v) is 17.2. The van der Waals surface area contributed by atoms with Crippen molar-refractivity contribution in [1.82, 2.24) is 10.2 Å². The van der Waals surface area contributed by atoms with E-state index in [1.54, 1.807) is 12.1 Å². The Kier molecular flexibility index (Phi) is 5.91. The van der Waals surface area contributed by atoms with Crippen LogP contribution in [0.5, 0.6) is 0 Å². The molecule has 2 saturated heterocycles. The van der Waals surface area contributed by atoms with Crippen LogP contribution < -0.4 is 5.32 Å². The Hall–Kier alpha value is -1.62. The zero-order valence-electron chi connectivity index (χ0n) is 17.2. The molecule has 2 aliphatic heterocycles. The van der Waals surface area contributed by atoms with Crippen molar-refractivity contribution in [3.05, 3.63) is 35.6 Å². The summed E-state index contributed by atoms with van der Waals surface area (Å²) in [6.07, 6.45) is 10.1. The number of rotatable bonds is 3. The molecule has 154 valence electrons. The van der Waals surface area contributed by atoms with Crippen LogP contribution in [0.15, 0.2) is 29.3 Å². The maximum atomic E-state index is 13.5. The average Bonchev–Trinajstić information content (AvgIpc) is 3.13. The Morgan fingerprint density at radius 2 is 1.79 bits per heavy atom. The highest BCUT2D eigenvalue weighted by Crippen LogP contribution is 2.43. The third kappa shape index (κ3) is 4.05. The molecule has 28 heavy (non-hydrogen) atoms. The molecule has 1 spiro atoms. The minimum Gasteiger partial charge on any atom is -0.381 e. The fourth-order valence-corrected chi connectivity index (χ4v) is 5.54. The van der Waals surface area contributed by atoms with Gasteiger partial charge in [-0.2, -0.15) is 0 Å². The average molecular weight is 388 g/mol. The van der Waals surface area contributed by atoms with Crippen molar-refractivity contribution in [3.8, 4) is 0 Å². The van der Waals surface area contributed by atoms with Gasteiger partial charge in [0.15, 0.2) is 5.96 Å². The number of hydrogen-bond donors (Lipinski definition) is 1. The number of aliphatic imine (C=N–C) groups is 1. The van der Waals surface area contributed by atoms with E-state index in [2.05, 4.69) is 15.2 Å². The Labute approximate surface area is 168 Å². The van der Waals surface area contributed by atoms with Crippen molar-refractivity contribution in [3.63, 3.8) is 0 Å². The van der Waals surface area contributed by atoms with Crippen LogP contribution in [0.2, 0.25) is 0 Å². The molecule has 3 fully saturated rings. The molecule has 1 N–H and O–H groups in total. The lowest BCUT2D eigenvalue weighted by molar-refractivity contribution is 0.0511. The second-order valence-corrected chi connectivity index (χ2v) is 9.03. The van der Waals surface area contributed by atoms with Crippen molar-refractivity contribution in [2.24, 2.45) is 10.4 Å². The molecular weight excluding hydrogens is 353 g/mol. The third-order valence-corrected chi connectivity index (χ3v) is 7.36. The van der Waals surface area contributed by atoms with Crippen LogP contribution >= 0.6 is 0 Å². The summed E-state index contributed by atoms with van der Waals surface area (Å²) in [6, 6.07) is 7.04. The summed E-state index contributed by atoms with van der Waals surface area (Å²) >= 11 is 0. The second-order valence-electron chi connectivity index (χ2n) is 9.03. The highest BCUT2D eigenvalue weighted by atomic mass is 19.1. The van der Waals surface area contributed by atoms with E-state index in [0.29, 0.717) is 5.41 Å². The summed E-state index contributed by atoms with van der Waals surface area (Å²) in [5.74, 6) is 0.847. The van der Waals surface area contributed by atoms with Gasteiger partial charge < -0.3 is 15.0 Å². The van der Waals surface area contributed by atoms with Crippen LogP contribution in [-0.2, 0) is 10.2 Å². The Morgan fingerprint density at radius 1 is 1.07 bits per heavy atom. The Balaban J connectivity index is 1.45. The van der Waals surface area contributed by atoms with Gasteiger partial charge in [0.05, 0.1) is 0 Å². The van der Waals surface area contributed by atoms with Crippen molar-refractivity contribution in [2.75, 3.05) is 39.9 Å². The minimum absolute atomic E-state index is 0.0237. The van der Waals surface area contributed by atoms with Crippen molar-refractivity contribution < 1.29 is 9.13 Å². The first kappa shape index (κ1) is 19.7. The first-order valence-corrected chi connectivity index (χ1v) is 10.9. The monoisotopic (exact) mass is 387 g/mol. The maximum absolute atomic E-state index is 13.5. The molecule has 3 aliphatic rings. The summed E-state index contributed by atoms with van der Waals surface area (Å²) in [7, 11) is 1.89. The molecule has 0 aromatic heterocycles. The molecule has 4 rings (SSSR count). The highest BCUT2D eigenvalue weighted by Gasteiger charge is 2.40.